The Kier molecular flexibility index (Phi) is 2.89. The molecule has 0 radical (unpaired) electrons. The molecule has 0 heterocycles. The lowest BCUT2D eigenvalue weighted by molar-refractivity contribution is 0.131. The number of hydrogen-bond acceptors (Lipinski definition) is 3. The van der Waals surface area contributed by atoms with Crippen molar-refractivity contribution < 1.29 is 9.47 Å². The largest absolute Gasteiger partial charge is 0.497 e. The van der Waals surface area contributed by atoms with Crippen LogP contribution in [0.3, 0.4) is 0 Å². The molecule has 0 aliphatic rings. The van der Waals surface area contributed by atoms with Gasteiger partial charge in [0.1, 0.15) is 17.1 Å². The Balaban J connectivity index is 2.95. The van der Waals surface area contributed by atoms with Crippen LogP contribution in [0.25, 0.3) is 0 Å². The zero-order valence-corrected chi connectivity index (χ0v) is 9.13. The molecule has 0 saturated carbocycles. The molecule has 0 fully saturated rings. The van der Waals surface area contributed by atoms with Crippen LogP contribution in [0.2, 0.25) is 0 Å². The first-order valence-corrected chi connectivity index (χ1v) is 4.55. The summed E-state index contributed by atoms with van der Waals surface area (Å²) in [4.78, 5) is 0. The third-order valence-electron chi connectivity index (χ3n) is 1.64. The van der Waals surface area contributed by atoms with Crippen molar-refractivity contribution in [2.45, 2.75) is 26.4 Å². The van der Waals surface area contributed by atoms with Gasteiger partial charge >= 0.3 is 0 Å². The molecule has 3 nitrogen and oxygen atoms in total. The fraction of sp³-hybridized carbons (Fsp3) is 0.455. The summed E-state index contributed by atoms with van der Waals surface area (Å²) in [7, 11) is 1.62. The van der Waals surface area contributed by atoms with Gasteiger partial charge in [-0.1, -0.05) is 0 Å². The quantitative estimate of drug-likeness (QED) is 0.737. The summed E-state index contributed by atoms with van der Waals surface area (Å²) in [5.41, 5.74) is 6.15. The predicted octanol–water partition coefficient (Wildman–Crippen LogP) is 2.45. The maximum atomic E-state index is 5.77. The molecule has 2 N–H and O–H groups in total. The summed E-state index contributed by atoms with van der Waals surface area (Å²) >= 11 is 0. The standard InChI is InChI=1S/C11H17NO2/c1-11(2,3)14-10-7-8(13-4)5-6-9(10)12/h5-7H,12H2,1-4H3. The van der Waals surface area contributed by atoms with Gasteiger partial charge in [-0.05, 0) is 32.9 Å². The predicted molar refractivity (Wildman–Crippen MR) is 57.8 cm³/mol. The number of anilines is 1. The molecule has 0 aliphatic heterocycles. The Morgan fingerprint density at radius 3 is 2.36 bits per heavy atom. The van der Waals surface area contributed by atoms with Gasteiger partial charge in [-0.15, -0.1) is 0 Å². The number of methoxy groups -OCH3 is 1. The molecule has 0 unspecified atom stereocenters. The number of rotatable bonds is 2. The highest BCUT2D eigenvalue weighted by atomic mass is 16.5. The monoisotopic (exact) mass is 195 g/mol. The lowest BCUT2D eigenvalue weighted by Crippen LogP contribution is -2.23. The van der Waals surface area contributed by atoms with E-state index in [1.165, 1.54) is 0 Å². The van der Waals surface area contributed by atoms with Gasteiger partial charge in [0.25, 0.3) is 0 Å². The molecule has 0 aliphatic carbocycles. The minimum Gasteiger partial charge on any atom is -0.497 e. The molecule has 1 rings (SSSR count). The number of nitrogen functional groups attached to an aromatic ring is 1. The third kappa shape index (κ3) is 2.83. The fourth-order valence-corrected chi connectivity index (χ4v) is 1.06. The summed E-state index contributed by atoms with van der Waals surface area (Å²) in [6.45, 7) is 5.93. The van der Waals surface area contributed by atoms with E-state index < -0.39 is 0 Å². The van der Waals surface area contributed by atoms with Gasteiger partial charge in [0.15, 0.2) is 0 Å². The molecular formula is C11H17NO2. The zero-order chi connectivity index (χ0) is 10.8. The molecule has 0 saturated heterocycles. The molecule has 1 aromatic rings. The van der Waals surface area contributed by atoms with Gasteiger partial charge in [0.2, 0.25) is 0 Å². The first-order valence-electron chi connectivity index (χ1n) is 4.55. The molecule has 1 aromatic carbocycles. The highest BCUT2D eigenvalue weighted by Gasteiger charge is 2.14. The summed E-state index contributed by atoms with van der Waals surface area (Å²) in [6.07, 6.45) is 0. The van der Waals surface area contributed by atoms with E-state index in [9.17, 15) is 0 Å². The van der Waals surface area contributed by atoms with Crippen LogP contribution in [0.1, 0.15) is 20.8 Å². The maximum absolute atomic E-state index is 5.77. The normalized spacial score (nSPS) is 11.1. The number of hydrogen-bond donors (Lipinski definition) is 1. The van der Waals surface area contributed by atoms with Crippen molar-refractivity contribution in [3.63, 3.8) is 0 Å². The van der Waals surface area contributed by atoms with Crippen LogP contribution in [0.5, 0.6) is 11.5 Å². The smallest absolute Gasteiger partial charge is 0.146 e. The lowest BCUT2D eigenvalue weighted by Gasteiger charge is -2.22. The zero-order valence-electron chi connectivity index (χ0n) is 9.13. The minimum atomic E-state index is -0.250. The van der Waals surface area contributed by atoms with Gasteiger partial charge in [-0.2, -0.15) is 0 Å². The lowest BCUT2D eigenvalue weighted by atomic mass is 10.2. The third-order valence-corrected chi connectivity index (χ3v) is 1.64. The van der Waals surface area contributed by atoms with Crippen LogP contribution in [0, 0.1) is 0 Å². The van der Waals surface area contributed by atoms with Gasteiger partial charge in [-0.25, -0.2) is 0 Å². The summed E-state index contributed by atoms with van der Waals surface area (Å²) < 4.78 is 10.8. The van der Waals surface area contributed by atoms with Crippen LogP contribution >= 0.6 is 0 Å². The second-order valence-electron chi connectivity index (χ2n) is 4.12. The fourth-order valence-electron chi connectivity index (χ4n) is 1.06. The van der Waals surface area contributed by atoms with E-state index in [-0.39, 0.29) is 5.60 Å². The Morgan fingerprint density at radius 2 is 1.86 bits per heavy atom. The number of nitrogens with two attached hydrogens (primary N) is 1. The van der Waals surface area contributed by atoms with E-state index in [1.807, 2.05) is 26.8 Å². The Labute approximate surface area is 84.8 Å². The highest BCUT2D eigenvalue weighted by Crippen LogP contribution is 2.29. The molecule has 78 valence electrons. The van der Waals surface area contributed by atoms with E-state index in [0.717, 1.165) is 5.75 Å². The van der Waals surface area contributed by atoms with Crippen molar-refractivity contribution >= 4 is 5.69 Å². The molecule has 0 amide bonds. The van der Waals surface area contributed by atoms with Crippen molar-refractivity contribution in [2.24, 2.45) is 0 Å². The van der Waals surface area contributed by atoms with Crippen LogP contribution in [-0.4, -0.2) is 12.7 Å². The summed E-state index contributed by atoms with van der Waals surface area (Å²) in [5, 5.41) is 0. The van der Waals surface area contributed by atoms with Gasteiger partial charge in [0, 0.05) is 6.07 Å². The molecule has 0 atom stereocenters. The second kappa shape index (κ2) is 3.78. The SMILES string of the molecule is COc1ccc(N)c(OC(C)(C)C)c1. The van der Waals surface area contributed by atoms with Crippen LogP contribution in [0.15, 0.2) is 18.2 Å². The molecule has 0 aromatic heterocycles. The van der Waals surface area contributed by atoms with Crippen LogP contribution in [-0.2, 0) is 0 Å². The Morgan fingerprint density at radius 1 is 1.21 bits per heavy atom. The highest BCUT2D eigenvalue weighted by molar-refractivity contribution is 5.55. The van der Waals surface area contributed by atoms with Crippen molar-refractivity contribution in [3.8, 4) is 11.5 Å². The van der Waals surface area contributed by atoms with E-state index in [0.29, 0.717) is 11.4 Å². The van der Waals surface area contributed by atoms with Crippen molar-refractivity contribution in [1.29, 1.82) is 0 Å². The van der Waals surface area contributed by atoms with Gasteiger partial charge in [0.05, 0.1) is 12.8 Å². The molecule has 0 bridgehead atoms. The first kappa shape index (κ1) is 10.7. The molecule has 14 heavy (non-hydrogen) atoms. The van der Waals surface area contributed by atoms with Gasteiger partial charge in [-0.3, -0.25) is 0 Å². The van der Waals surface area contributed by atoms with E-state index >= 15 is 0 Å². The Bertz CT molecular complexity index is 316. The first-order chi connectivity index (χ1) is 6.42. The van der Waals surface area contributed by atoms with Crippen LogP contribution in [0.4, 0.5) is 5.69 Å². The van der Waals surface area contributed by atoms with E-state index in [2.05, 4.69) is 0 Å². The molecule has 3 heteroatoms. The van der Waals surface area contributed by atoms with Gasteiger partial charge < -0.3 is 15.2 Å². The average molecular weight is 195 g/mol. The number of benzene rings is 1. The molecule has 0 spiro atoms. The van der Waals surface area contributed by atoms with E-state index in [1.54, 1.807) is 19.2 Å². The average Bonchev–Trinajstić information content (AvgIpc) is 2.06. The maximum Gasteiger partial charge on any atom is 0.146 e. The second-order valence-corrected chi connectivity index (χ2v) is 4.12. The summed E-state index contributed by atoms with van der Waals surface area (Å²) in [6, 6.07) is 5.38. The van der Waals surface area contributed by atoms with Crippen molar-refractivity contribution in [2.75, 3.05) is 12.8 Å². The Hall–Kier alpha value is -1.38. The van der Waals surface area contributed by atoms with E-state index in [4.69, 9.17) is 15.2 Å². The van der Waals surface area contributed by atoms with Crippen molar-refractivity contribution in [1.82, 2.24) is 0 Å². The summed E-state index contributed by atoms with van der Waals surface area (Å²) in [5.74, 6) is 1.41. The number of ether oxygens (including phenoxy) is 2. The molecular weight excluding hydrogens is 178 g/mol. The van der Waals surface area contributed by atoms with Crippen LogP contribution < -0.4 is 15.2 Å². The topological polar surface area (TPSA) is 44.5 Å². The van der Waals surface area contributed by atoms with Crippen molar-refractivity contribution in [3.05, 3.63) is 18.2 Å². The minimum absolute atomic E-state index is 0.250.